The minimum atomic E-state index is -0.686. The van der Waals surface area contributed by atoms with Crippen LogP contribution in [-0.4, -0.2) is 107 Å². The van der Waals surface area contributed by atoms with Crippen LogP contribution in [0.5, 0.6) is 0 Å². The first kappa shape index (κ1) is 42.4. The van der Waals surface area contributed by atoms with Crippen LogP contribution in [-0.2, 0) is 32.2 Å². The predicted molar refractivity (Wildman–Crippen MR) is 221 cm³/mol. The number of para-hydroxylation sites is 2. The lowest BCUT2D eigenvalue weighted by atomic mass is 9.89. The van der Waals surface area contributed by atoms with E-state index in [1.165, 1.54) is 58.6 Å². The van der Waals surface area contributed by atoms with Gasteiger partial charge in [-0.3, -0.25) is 9.59 Å². The number of rotatable bonds is 21. The van der Waals surface area contributed by atoms with Gasteiger partial charge in [-0.15, -0.1) is 0 Å². The molecule has 2 fully saturated rings. The van der Waals surface area contributed by atoms with Crippen molar-refractivity contribution in [2.75, 3.05) is 65.7 Å². The highest BCUT2D eigenvalue weighted by molar-refractivity contribution is 5.85. The van der Waals surface area contributed by atoms with E-state index in [9.17, 15) is 9.59 Å². The predicted octanol–water partition coefficient (Wildman–Crippen LogP) is 8.61. The maximum absolute atomic E-state index is 10.6. The number of nitrogens with zero attached hydrogens (tertiary/aromatic N) is 4. The molecule has 0 atom stereocenters. The summed E-state index contributed by atoms with van der Waals surface area (Å²) in [4.78, 5) is 26.2. The summed E-state index contributed by atoms with van der Waals surface area (Å²) in [5.41, 5.74) is 5.60. The number of carbonyl (C=O) groups is 2. The lowest BCUT2D eigenvalue weighted by molar-refractivity contribution is -0.138. The number of unbranched alkanes of at least 4 members (excludes halogenated alkanes) is 3. The number of ether oxygens (including phenoxy) is 2. The number of piperidine rings is 2. The average Bonchev–Trinajstić information content (AvgIpc) is 3.76. The molecule has 55 heavy (non-hydrogen) atoms. The van der Waals surface area contributed by atoms with E-state index in [4.69, 9.17) is 19.7 Å². The molecule has 2 aliphatic heterocycles. The summed E-state index contributed by atoms with van der Waals surface area (Å²) in [5.74, 6) is -0.129. The molecule has 2 N–H and O–H groups in total. The van der Waals surface area contributed by atoms with E-state index in [1.54, 1.807) is 0 Å². The van der Waals surface area contributed by atoms with E-state index in [1.807, 2.05) is 13.8 Å². The van der Waals surface area contributed by atoms with Gasteiger partial charge in [0.25, 0.3) is 0 Å². The first-order valence-electron chi connectivity index (χ1n) is 21.1. The molecule has 2 saturated heterocycles. The normalized spacial score (nSPS) is 16.1. The standard InChI is InChI=1S/C23H34N2O3.C22H32N2O3/c1-2-28-17-16-25-18-21(20-8-5-6-9-22(20)25)19-11-14-24(15-12-19)13-7-3-4-10-23(26)27;1-2-27-16-15-24-17-20(19-7-3-4-8-21(19)24)18-10-13-23(14-11-18)12-6-5-9-22(25)26/h5-6,8-9,18-19H,2-4,7,10-17H2,1H3,(H,26,27);3-4,7-8,17-18H,2,5-6,9-16H2,1H3,(H,25,26). The van der Waals surface area contributed by atoms with Crippen molar-refractivity contribution < 1.29 is 29.3 Å². The summed E-state index contributed by atoms with van der Waals surface area (Å²) in [6.45, 7) is 15.5. The van der Waals surface area contributed by atoms with Crippen molar-refractivity contribution >= 4 is 33.7 Å². The monoisotopic (exact) mass is 758 g/mol. The molecule has 0 unspecified atom stereocenters. The van der Waals surface area contributed by atoms with Crippen molar-refractivity contribution in [1.82, 2.24) is 18.9 Å². The lowest BCUT2D eigenvalue weighted by Crippen LogP contribution is -2.33. The molecule has 0 aliphatic carbocycles. The van der Waals surface area contributed by atoms with Crippen molar-refractivity contribution in [3.05, 3.63) is 72.1 Å². The molecular weight excluding hydrogens is 693 g/mol. The Morgan fingerprint density at radius 2 is 0.982 bits per heavy atom. The van der Waals surface area contributed by atoms with E-state index >= 15 is 0 Å². The van der Waals surface area contributed by atoms with Crippen LogP contribution in [0.2, 0.25) is 0 Å². The first-order valence-corrected chi connectivity index (χ1v) is 21.1. The van der Waals surface area contributed by atoms with Crippen LogP contribution in [0.4, 0.5) is 0 Å². The number of aromatic nitrogens is 2. The SMILES string of the molecule is CCOCCn1cc(C2CCN(CCCCC(=O)O)CC2)c2ccccc21.CCOCCn1cc(C2CCN(CCCCCC(=O)O)CC2)c2ccccc21. The Labute approximate surface area is 328 Å². The Balaban J connectivity index is 0.000000211. The van der Waals surface area contributed by atoms with Gasteiger partial charge in [-0.25, -0.2) is 0 Å². The molecule has 0 spiro atoms. The van der Waals surface area contributed by atoms with E-state index in [2.05, 4.69) is 79.9 Å². The number of likely N-dealkylation sites (tertiary alicyclic amines) is 2. The molecule has 6 rings (SSSR count). The fourth-order valence-corrected chi connectivity index (χ4v) is 8.52. The lowest BCUT2D eigenvalue weighted by Gasteiger charge is -2.32. The number of hydrogen-bond donors (Lipinski definition) is 2. The summed E-state index contributed by atoms with van der Waals surface area (Å²) >= 11 is 0. The highest BCUT2D eigenvalue weighted by atomic mass is 16.5. The van der Waals surface area contributed by atoms with Crippen molar-refractivity contribution in [2.24, 2.45) is 0 Å². The highest BCUT2D eigenvalue weighted by Gasteiger charge is 2.25. The topological polar surface area (TPSA) is 109 Å². The van der Waals surface area contributed by atoms with Gasteiger partial charge in [-0.1, -0.05) is 42.8 Å². The van der Waals surface area contributed by atoms with Crippen LogP contribution >= 0.6 is 0 Å². The molecule has 2 aromatic heterocycles. The largest absolute Gasteiger partial charge is 0.481 e. The van der Waals surface area contributed by atoms with Gasteiger partial charge < -0.3 is 38.6 Å². The smallest absolute Gasteiger partial charge is 0.303 e. The fraction of sp³-hybridized carbons (Fsp3) is 0.600. The zero-order valence-corrected chi connectivity index (χ0v) is 33.5. The van der Waals surface area contributed by atoms with Crippen LogP contribution < -0.4 is 0 Å². The Bertz CT molecular complexity index is 1730. The molecule has 4 aromatic rings. The van der Waals surface area contributed by atoms with Gasteiger partial charge in [0, 0.05) is 73.3 Å². The molecule has 302 valence electrons. The van der Waals surface area contributed by atoms with Gasteiger partial charge in [-0.2, -0.15) is 0 Å². The van der Waals surface area contributed by atoms with E-state index in [0.717, 1.165) is 111 Å². The first-order chi connectivity index (χ1) is 26.9. The van der Waals surface area contributed by atoms with Crippen molar-refractivity contribution in [3.63, 3.8) is 0 Å². The number of aliphatic carboxylic acids is 2. The molecule has 0 amide bonds. The van der Waals surface area contributed by atoms with Crippen molar-refractivity contribution in [3.8, 4) is 0 Å². The molecule has 0 radical (unpaired) electrons. The van der Waals surface area contributed by atoms with Crippen LogP contribution in [0.1, 0.15) is 107 Å². The van der Waals surface area contributed by atoms with Crippen LogP contribution in [0, 0.1) is 0 Å². The Morgan fingerprint density at radius 1 is 0.582 bits per heavy atom. The quantitative estimate of drug-likeness (QED) is 0.0814. The number of carboxylic acid groups (broad SMARTS) is 2. The van der Waals surface area contributed by atoms with Gasteiger partial charge in [0.15, 0.2) is 0 Å². The minimum Gasteiger partial charge on any atom is -0.481 e. The van der Waals surface area contributed by atoms with Crippen molar-refractivity contribution in [2.45, 2.75) is 109 Å². The molecule has 10 heteroatoms. The third kappa shape index (κ3) is 12.9. The average molecular weight is 759 g/mol. The number of benzene rings is 2. The Kier molecular flexibility index (Phi) is 17.6. The number of hydrogen-bond acceptors (Lipinski definition) is 6. The molecule has 4 heterocycles. The van der Waals surface area contributed by atoms with Gasteiger partial charge in [0.1, 0.15) is 0 Å². The minimum absolute atomic E-state index is 0.289. The third-order valence-electron chi connectivity index (χ3n) is 11.5. The molecule has 2 aromatic carbocycles. The molecule has 0 bridgehead atoms. The summed E-state index contributed by atoms with van der Waals surface area (Å²) in [6.07, 6.45) is 14.7. The zero-order chi connectivity index (χ0) is 38.8. The van der Waals surface area contributed by atoms with Gasteiger partial charge in [-0.05, 0) is 140 Å². The Hall–Kier alpha value is -3.70. The van der Waals surface area contributed by atoms with Crippen LogP contribution in [0.3, 0.4) is 0 Å². The molecule has 0 saturated carbocycles. The van der Waals surface area contributed by atoms with Crippen molar-refractivity contribution in [1.29, 1.82) is 0 Å². The molecule has 2 aliphatic rings. The second kappa shape index (κ2) is 22.8. The summed E-state index contributed by atoms with van der Waals surface area (Å²) in [5, 5.41) is 20.2. The van der Waals surface area contributed by atoms with Gasteiger partial charge >= 0.3 is 11.9 Å². The molecular formula is C45H66N4O6. The van der Waals surface area contributed by atoms with E-state index < -0.39 is 11.9 Å². The van der Waals surface area contributed by atoms with E-state index in [-0.39, 0.29) is 6.42 Å². The Morgan fingerprint density at radius 3 is 1.40 bits per heavy atom. The summed E-state index contributed by atoms with van der Waals surface area (Å²) in [6, 6.07) is 17.5. The van der Waals surface area contributed by atoms with E-state index in [0.29, 0.717) is 18.3 Å². The number of carboxylic acids is 2. The maximum atomic E-state index is 10.6. The zero-order valence-electron chi connectivity index (χ0n) is 33.5. The third-order valence-corrected chi connectivity index (χ3v) is 11.5. The number of fused-ring (bicyclic) bond motifs is 2. The maximum Gasteiger partial charge on any atom is 0.303 e. The molecule has 10 nitrogen and oxygen atoms in total. The second-order valence-electron chi connectivity index (χ2n) is 15.3. The summed E-state index contributed by atoms with van der Waals surface area (Å²) < 4.78 is 15.8. The van der Waals surface area contributed by atoms with Crippen LogP contribution in [0.25, 0.3) is 21.8 Å². The second-order valence-corrected chi connectivity index (χ2v) is 15.3. The van der Waals surface area contributed by atoms with Crippen LogP contribution in [0.15, 0.2) is 60.9 Å². The van der Waals surface area contributed by atoms with Gasteiger partial charge in [0.2, 0.25) is 0 Å². The summed E-state index contributed by atoms with van der Waals surface area (Å²) in [7, 11) is 0. The van der Waals surface area contributed by atoms with Gasteiger partial charge in [0.05, 0.1) is 13.2 Å². The fourth-order valence-electron chi connectivity index (χ4n) is 8.52. The highest BCUT2D eigenvalue weighted by Crippen LogP contribution is 2.36.